The smallest absolute Gasteiger partial charge is 0.282 e. The van der Waals surface area contributed by atoms with Gasteiger partial charge in [-0.2, -0.15) is 17.0 Å². The highest BCUT2D eigenvalue weighted by Crippen LogP contribution is 2.30. The van der Waals surface area contributed by atoms with Gasteiger partial charge in [-0.1, -0.05) is 0 Å². The van der Waals surface area contributed by atoms with E-state index in [2.05, 4.69) is 11.9 Å². The maximum Gasteiger partial charge on any atom is 0.282 e. The first kappa shape index (κ1) is 15.7. The lowest BCUT2D eigenvalue weighted by atomic mass is 10.00. The topological polar surface area (TPSA) is 64.1 Å². The van der Waals surface area contributed by atoms with Crippen LogP contribution in [0.2, 0.25) is 0 Å². The van der Waals surface area contributed by atoms with Crippen molar-refractivity contribution >= 4 is 10.2 Å². The van der Waals surface area contributed by atoms with Crippen LogP contribution in [0.4, 0.5) is 0 Å². The van der Waals surface area contributed by atoms with Gasteiger partial charge in [0.2, 0.25) is 0 Å². The Labute approximate surface area is 127 Å². The lowest BCUT2D eigenvalue weighted by molar-refractivity contribution is 0.165. The molecule has 21 heavy (non-hydrogen) atoms. The highest BCUT2D eigenvalue weighted by molar-refractivity contribution is 7.86. The van der Waals surface area contributed by atoms with Gasteiger partial charge >= 0.3 is 0 Å². The molecule has 0 spiro atoms. The van der Waals surface area contributed by atoms with Crippen LogP contribution in [-0.2, 0) is 10.2 Å². The van der Waals surface area contributed by atoms with Crippen molar-refractivity contribution in [1.29, 1.82) is 0 Å². The van der Waals surface area contributed by atoms with E-state index in [0.29, 0.717) is 38.3 Å². The van der Waals surface area contributed by atoms with Crippen molar-refractivity contribution in [3.05, 3.63) is 0 Å². The minimum atomic E-state index is -3.33. The van der Waals surface area contributed by atoms with Gasteiger partial charge in [-0.15, -0.1) is 0 Å². The molecule has 1 N–H and O–H groups in total. The summed E-state index contributed by atoms with van der Waals surface area (Å²) in [7, 11) is -1.20. The Morgan fingerprint density at radius 1 is 0.952 bits per heavy atom. The Kier molecular flexibility index (Phi) is 4.57. The molecule has 0 aliphatic carbocycles. The number of aliphatic hydroxyl groups excluding tert-OH is 1. The van der Waals surface area contributed by atoms with Crippen molar-refractivity contribution in [1.82, 2.24) is 13.5 Å². The van der Waals surface area contributed by atoms with E-state index in [9.17, 15) is 13.5 Å². The van der Waals surface area contributed by atoms with Gasteiger partial charge in [-0.05, 0) is 45.1 Å². The summed E-state index contributed by atoms with van der Waals surface area (Å²) in [6.45, 7) is 2.55. The SMILES string of the molecule is CN1C2CCC1CN(S(=O)(=O)N1CCC(CO)CC1)CC2. The summed E-state index contributed by atoms with van der Waals surface area (Å²) >= 11 is 0. The highest BCUT2D eigenvalue weighted by Gasteiger charge is 2.40. The average Bonchev–Trinajstić information content (AvgIpc) is 2.71. The maximum absolute atomic E-state index is 12.8. The molecule has 0 amide bonds. The third-order valence-corrected chi connectivity index (χ3v) is 7.60. The van der Waals surface area contributed by atoms with Crippen LogP contribution in [0.1, 0.15) is 32.1 Å². The summed E-state index contributed by atoms with van der Waals surface area (Å²) in [6.07, 6.45) is 4.81. The molecule has 3 heterocycles. The molecule has 3 fully saturated rings. The predicted octanol–water partition coefficient (Wildman–Crippen LogP) is 0.104. The number of rotatable bonds is 3. The minimum absolute atomic E-state index is 0.173. The number of nitrogens with zero attached hydrogens (tertiary/aromatic N) is 3. The van der Waals surface area contributed by atoms with E-state index < -0.39 is 10.2 Å². The monoisotopic (exact) mass is 317 g/mol. The fourth-order valence-electron chi connectivity index (χ4n) is 3.97. The Hall–Kier alpha value is -0.210. The van der Waals surface area contributed by atoms with E-state index in [1.807, 2.05) is 0 Å². The normalized spacial score (nSPS) is 34.2. The fourth-order valence-corrected chi connectivity index (χ4v) is 5.67. The first-order valence-corrected chi connectivity index (χ1v) is 9.50. The zero-order chi connectivity index (χ0) is 15.0. The molecular weight excluding hydrogens is 290 g/mol. The molecule has 122 valence electrons. The second-order valence-corrected chi connectivity index (χ2v) is 8.66. The molecule has 0 radical (unpaired) electrons. The lowest BCUT2D eigenvalue weighted by Gasteiger charge is -2.35. The molecule has 2 atom stereocenters. The van der Waals surface area contributed by atoms with E-state index in [1.165, 1.54) is 6.42 Å². The molecule has 3 saturated heterocycles. The molecule has 6 nitrogen and oxygen atoms in total. The van der Waals surface area contributed by atoms with Gasteiger partial charge in [0, 0.05) is 44.9 Å². The number of fused-ring (bicyclic) bond motifs is 2. The van der Waals surface area contributed by atoms with Crippen molar-refractivity contribution in [3.8, 4) is 0 Å². The molecular formula is C14H27N3O3S. The van der Waals surface area contributed by atoms with Crippen molar-refractivity contribution in [2.24, 2.45) is 5.92 Å². The third kappa shape index (κ3) is 2.99. The Bertz CT molecular complexity index is 462. The van der Waals surface area contributed by atoms with Gasteiger partial charge in [-0.25, -0.2) is 0 Å². The molecule has 3 aliphatic rings. The van der Waals surface area contributed by atoms with Crippen molar-refractivity contribution in [2.75, 3.05) is 39.8 Å². The second kappa shape index (κ2) is 6.12. The van der Waals surface area contributed by atoms with Crippen LogP contribution >= 0.6 is 0 Å². The summed E-state index contributed by atoms with van der Waals surface area (Å²) in [5, 5.41) is 9.18. The molecule has 0 saturated carbocycles. The van der Waals surface area contributed by atoms with Gasteiger partial charge in [0.05, 0.1) is 0 Å². The Morgan fingerprint density at radius 2 is 1.57 bits per heavy atom. The van der Waals surface area contributed by atoms with Crippen LogP contribution in [0, 0.1) is 5.92 Å². The summed E-state index contributed by atoms with van der Waals surface area (Å²) in [4.78, 5) is 2.37. The zero-order valence-corrected chi connectivity index (χ0v) is 13.6. The molecule has 0 aromatic rings. The van der Waals surface area contributed by atoms with Crippen LogP contribution in [0.15, 0.2) is 0 Å². The van der Waals surface area contributed by atoms with Gasteiger partial charge < -0.3 is 5.11 Å². The van der Waals surface area contributed by atoms with Crippen LogP contribution in [0.25, 0.3) is 0 Å². The molecule has 3 rings (SSSR count). The largest absolute Gasteiger partial charge is 0.396 e. The lowest BCUT2D eigenvalue weighted by Crippen LogP contribution is -2.49. The predicted molar refractivity (Wildman–Crippen MR) is 81.1 cm³/mol. The maximum atomic E-state index is 12.8. The van der Waals surface area contributed by atoms with Crippen molar-refractivity contribution in [3.63, 3.8) is 0 Å². The Balaban J connectivity index is 1.68. The Morgan fingerprint density at radius 3 is 2.24 bits per heavy atom. The number of piperidine rings is 1. The van der Waals surface area contributed by atoms with Crippen LogP contribution < -0.4 is 0 Å². The van der Waals surface area contributed by atoms with Gasteiger partial charge in [0.25, 0.3) is 10.2 Å². The number of hydrogen-bond acceptors (Lipinski definition) is 4. The first-order valence-electron chi connectivity index (χ1n) is 8.10. The summed E-state index contributed by atoms with van der Waals surface area (Å²) in [5.41, 5.74) is 0. The second-order valence-electron chi connectivity index (χ2n) is 6.73. The zero-order valence-electron chi connectivity index (χ0n) is 12.8. The summed E-state index contributed by atoms with van der Waals surface area (Å²) in [5.74, 6) is 0.266. The van der Waals surface area contributed by atoms with E-state index in [1.54, 1.807) is 8.61 Å². The van der Waals surface area contributed by atoms with Gasteiger partial charge in [0.1, 0.15) is 0 Å². The van der Waals surface area contributed by atoms with E-state index >= 15 is 0 Å². The molecule has 0 aromatic heterocycles. The van der Waals surface area contributed by atoms with Gasteiger partial charge in [-0.3, -0.25) is 4.90 Å². The number of likely N-dealkylation sites (N-methyl/N-ethyl adjacent to an activating group) is 1. The van der Waals surface area contributed by atoms with E-state index in [4.69, 9.17) is 0 Å². The number of hydrogen-bond donors (Lipinski definition) is 1. The summed E-state index contributed by atoms with van der Waals surface area (Å²) in [6, 6.07) is 0.928. The van der Waals surface area contributed by atoms with Gasteiger partial charge in [0.15, 0.2) is 0 Å². The van der Waals surface area contributed by atoms with E-state index in [-0.39, 0.29) is 12.5 Å². The van der Waals surface area contributed by atoms with Crippen LogP contribution in [0.3, 0.4) is 0 Å². The quantitative estimate of drug-likeness (QED) is 0.802. The molecule has 2 unspecified atom stereocenters. The van der Waals surface area contributed by atoms with E-state index in [0.717, 1.165) is 25.7 Å². The molecule has 0 aromatic carbocycles. The third-order valence-electron chi connectivity index (χ3n) is 5.60. The first-order chi connectivity index (χ1) is 10.0. The molecule has 7 heteroatoms. The number of aliphatic hydroxyl groups is 1. The highest BCUT2D eigenvalue weighted by atomic mass is 32.2. The minimum Gasteiger partial charge on any atom is -0.396 e. The molecule has 3 aliphatic heterocycles. The van der Waals surface area contributed by atoms with Crippen LogP contribution in [-0.4, -0.2) is 79.0 Å². The average molecular weight is 317 g/mol. The summed E-state index contributed by atoms with van der Waals surface area (Å²) < 4.78 is 29.0. The molecule has 2 bridgehead atoms. The fraction of sp³-hybridized carbons (Fsp3) is 1.00. The van der Waals surface area contributed by atoms with Crippen LogP contribution in [0.5, 0.6) is 0 Å². The van der Waals surface area contributed by atoms with Crippen molar-refractivity contribution in [2.45, 2.75) is 44.2 Å². The standard InChI is InChI=1S/C14H27N3O3S/c1-15-13-2-3-14(15)10-17(9-6-13)21(19,20)16-7-4-12(11-18)5-8-16/h12-14,18H,2-11H2,1H3. The van der Waals surface area contributed by atoms with Crippen molar-refractivity contribution < 1.29 is 13.5 Å².